The van der Waals surface area contributed by atoms with Gasteiger partial charge in [0.15, 0.2) is 0 Å². The van der Waals surface area contributed by atoms with Crippen LogP contribution < -0.4 is 0 Å². The number of rotatable bonds is 3. The summed E-state index contributed by atoms with van der Waals surface area (Å²) in [5.74, 6) is 0.267. The minimum absolute atomic E-state index is 0.182. The lowest BCUT2D eigenvalue weighted by atomic mass is 9.85. The molecule has 0 bridgehead atoms. The van der Waals surface area contributed by atoms with Crippen LogP contribution in [0.1, 0.15) is 41.4 Å². The monoisotopic (exact) mass is 244 g/mol. The second-order valence-corrected chi connectivity index (χ2v) is 4.42. The van der Waals surface area contributed by atoms with Crippen LogP contribution in [0.25, 0.3) is 11.5 Å². The number of benzene rings is 1. The van der Waals surface area contributed by atoms with Crippen LogP contribution in [0, 0.1) is 0 Å². The van der Waals surface area contributed by atoms with Crippen molar-refractivity contribution in [1.29, 1.82) is 0 Å². The predicted molar refractivity (Wildman–Crippen MR) is 63.3 cm³/mol. The van der Waals surface area contributed by atoms with Gasteiger partial charge in [-0.05, 0) is 25.0 Å². The van der Waals surface area contributed by atoms with E-state index in [1.54, 1.807) is 18.2 Å². The lowest BCUT2D eigenvalue weighted by molar-refractivity contribution is 0.0697. The molecule has 0 radical (unpaired) electrons. The normalized spacial score (nSPS) is 15.3. The molecule has 0 amide bonds. The third-order valence-electron chi connectivity index (χ3n) is 3.28. The molecule has 1 aromatic carbocycles. The zero-order valence-corrected chi connectivity index (χ0v) is 9.67. The average molecular weight is 244 g/mol. The molecule has 1 aliphatic rings. The molecule has 1 saturated carbocycles. The van der Waals surface area contributed by atoms with Gasteiger partial charge in [0.25, 0.3) is 0 Å². The largest absolute Gasteiger partial charge is 0.478 e. The molecule has 2 aromatic rings. The maximum Gasteiger partial charge on any atom is 0.336 e. The number of aromatic nitrogens is 2. The number of carboxylic acids is 1. The molecule has 0 saturated heterocycles. The van der Waals surface area contributed by atoms with Crippen molar-refractivity contribution in [3.05, 3.63) is 35.7 Å². The quantitative estimate of drug-likeness (QED) is 0.898. The molecule has 0 unspecified atom stereocenters. The molecule has 1 heterocycles. The van der Waals surface area contributed by atoms with Crippen molar-refractivity contribution >= 4 is 5.97 Å². The Balaban J connectivity index is 1.99. The Morgan fingerprint density at radius 1 is 1.28 bits per heavy atom. The summed E-state index contributed by atoms with van der Waals surface area (Å²) in [7, 11) is 0. The molecule has 18 heavy (non-hydrogen) atoms. The summed E-state index contributed by atoms with van der Waals surface area (Å²) in [6, 6.07) is 6.65. The fourth-order valence-corrected chi connectivity index (χ4v) is 2.02. The number of carboxylic acid groups (broad SMARTS) is 1. The Hall–Kier alpha value is -2.17. The molecule has 0 spiro atoms. The lowest BCUT2D eigenvalue weighted by Gasteiger charge is -2.20. The molecule has 0 aliphatic heterocycles. The maximum atomic E-state index is 11.1. The summed E-state index contributed by atoms with van der Waals surface area (Å²) in [5.41, 5.74) is 0.657. The third-order valence-corrected chi connectivity index (χ3v) is 3.28. The number of carbonyl (C=O) groups is 1. The van der Waals surface area contributed by atoms with Crippen LogP contribution >= 0.6 is 0 Å². The van der Waals surface area contributed by atoms with Gasteiger partial charge in [0.05, 0.1) is 11.1 Å². The number of aromatic carboxylic acids is 1. The zero-order valence-electron chi connectivity index (χ0n) is 9.67. The Morgan fingerprint density at radius 3 is 2.72 bits per heavy atom. The minimum Gasteiger partial charge on any atom is -0.478 e. The van der Waals surface area contributed by atoms with Crippen molar-refractivity contribution in [3.63, 3.8) is 0 Å². The smallest absolute Gasteiger partial charge is 0.336 e. The van der Waals surface area contributed by atoms with E-state index < -0.39 is 5.97 Å². The van der Waals surface area contributed by atoms with E-state index in [9.17, 15) is 4.79 Å². The molecule has 0 atom stereocenters. The van der Waals surface area contributed by atoms with Crippen molar-refractivity contribution in [1.82, 2.24) is 10.2 Å². The first-order valence-electron chi connectivity index (χ1n) is 5.92. The molecule has 5 heteroatoms. The molecule has 1 aliphatic carbocycles. The van der Waals surface area contributed by atoms with Crippen LogP contribution in [0.4, 0.5) is 0 Å². The van der Waals surface area contributed by atoms with E-state index in [0.717, 1.165) is 12.8 Å². The standard InChI is InChI=1S/C13H12N2O3/c16-13(17)10-7-2-1-6-9(10)12-15-14-11(18-12)8-4-3-5-8/h1-2,6-8H,3-5H2,(H,16,17). The van der Waals surface area contributed by atoms with Crippen LogP contribution in [0.3, 0.4) is 0 Å². The second-order valence-electron chi connectivity index (χ2n) is 4.42. The van der Waals surface area contributed by atoms with E-state index >= 15 is 0 Å². The van der Waals surface area contributed by atoms with E-state index in [4.69, 9.17) is 9.52 Å². The van der Waals surface area contributed by atoms with Gasteiger partial charge < -0.3 is 9.52 Å². The number of hydrogen-bond donors (Lipinski definition) is 1. The van der Waals surface area contributed by atoms with Gasteiger partial charge in [-0.25, -0.2) is 4.79 Å². The van der Waals surface area contributed by atoms with E-state index in [-0.39, 0.29) is 11.5 Å². The van der Waals surface area contributed by atoms with Gasteiger partial charge in [-0.1, -0.05) is 18.6 Å². The molecule has 5 nitrogen and oxygen atoms in total. The summed E-state index contributed by atoms with van der Waals surface area (Å²) < 4.78 is 5.58. The van der Waals surface area contributed by atoms with Crippen LogP contribution in [0.5, 0.6) is 0 Å². The summed E-state index contributed by atoms with van der Waals surface area (Å²) in [6.07, 6.45) is 3.33. The first kappa shape index (κ1) is 11.0. The fourth-order valence-electron chi connectivity index (χ4n) is 2.02. The number of hydrogen-bond acceptors (Lipinski definition) is 4. The number of nitrogens with zero attached hydrogens (tertiary/aromatic N) is 2. The highest BCUT2D eigenvalue weighted by Crippen LogP contribution is 2.36. The SMILES string of the molecule is O=C(O)c1ccccc1-c1nnc(C2CCC2)o1. The van der Waals surface area contributed by atoms with Gasteiger partial charge in [-0.2, -0.15) is 0 Å². The van der Waals surface area contributed by atoms with Crippen LogP contribution in [0.15, 0.2) is 28.7 Å². The summed E-state index contributed by atoms with van der Waals surface area (Å²) in [4.78, 5) is 11.1. The molecule has 1 fully saturated rings. The van der Waals surface area contributed by atoms with Crippen LogP contribution in [0.2, 0.25) is 0 Å². The van der Waals surface area contributed by atoms with Crippen molar-refractivity contribution in [2.24, 2.45) is 0 Å². The summed E-state index contributed by atoms with van der Waals surface area (Å²) >= 11 is 0. The van der Waals surface area contributed by atoms with Crippen LogP contribution in [-0.2, 0) is 0 Å². The molecular formula is C13H12N2O3. The fraction of sp³-hybridized carbons (Fsp3) is 0.308. The van der Waals surface area contributed by atoms with E-state index in [1.165, 1.54) is 12.5 Å². The Bertz CT molecular complexity index is 587. The first-order chi connectivity index (χ1) is 8.75. The molecular weight excluding hydrogens is 232 g/mol. The zero-order chi connectivity index (χ0) is 12.5. The molecule has 3 rings (SSSR count). The first-order valence-corrected chi connectivity index (χ1v) is 5.92. The summed E-state index contributed by atoms with van der Waals surface area (Å²) in [6.45, 7) is 0. The van der Waals surface area contributed by atoms with Gasteiger partial charge in [0.2, 0.25) is 11.8 Å². The molecule has 92 valence electrons. The third kappa shape index (κ3) is 1.77. The van der Waals surface area contributed by atoms with Crippen LogP contribution in [-0.4, -0.2) is 21.3 Å². The van der Waals surface area contributed by atoms with Crippen molar-refractivity contribution in [2.75, 3.05) is 0 Å². The van der Waals surface area contributed by atoms with Gasteiger partial charge in [0.1, 0.15) is 0 Å². The average Bonchev–Trinajstić information content (AvgIpc) is 2.76. The van der Waals surface area contributed by atoms with Gasteiger partial charge in [-0.15, -0.1) is 10.2 Å². The topological polar surface area (TPSA) is 76.2 Å². The Morgan fingerprint density at radius 2 is 2.06 bits per heavy atom. The summed E-state index contributed by atoms with van der Waals surface area (Å²) in [5, 5.41) is 17.1. The highest BCUT2D eigenvalue weighted by molar-refractivity contribution is 5.94. The highest BCUT2D eigenvalue weighted by atomic mass is 16.4. The van der Waals surface area contributed by atoms with Gasteiger partial charge in [-0.3, -0.25) is 0 Å². The Kier molecular flexibility index (Phi) is 2.59. The molecule has 1 aromatic heterocycles. The van der Waals surface area contributed by atoms with E-state index in [0.29, 0.717) is 17.4 Å². The maximum absolute atomic E-state index is 11.1. The van der Waals surface area contributed by atoms with Crippen molar-refractivity contribution in [2.45, 2.75) is 25.2 Å². The van der Waals surface area contributed by atoms with Crippen molar-refractivity contribution in [3.8, 4) is 11.5 Å². The molecule has 1 N–H and O–H groups in total. The van der Waals surface area contributed by atoms with E-state index in [2.05, 4.69) is 10.2 Å². The van der Waals surface area contributed by atoms with Crippen molar-refractivity contribution < 1.29 is 14.3 Å². The highest BCUT2D eigenvalue weighted by Gasteiger charge is 2.26. The minimum atomic E-state index is -0.992. The van der Waals surface area contributed by atoms with Gasteiger partial charge >= 0.3 is 5.97 Å². The Labute approximate surface area is 103 Å². The second kappa shape index (κ2) is 4.25. The van der Waals surface area contributed by atoms with Gasteiger partial charge in [0, 0.05) is 5.92 Å². The van der Waals surface area contributed by atoms with E-state index in [1.807, 2.05) is 0 Å². The predicted octanol–water partition coefficient (Wildman–Crippen LogP) is 2.70. The lowest BCUT2D eigenvalue weighted by Crippen LogP contribution is -2.08.